The van der Waals surface area contributed by atoms with Gasteiger partial charge in [-0.2, -0.15) is 0 Å². The summed E-state index contributed by atoms with van der Waals surface area (Å²) in [7, 11) is 0. The Labute approximate surface area is 111 Å². The van der Waals surface area contributed by atoms with E-state index >= 15 is 0 Å². The van der Waals surface area contributed by atoms with Crippen LogP contribution in [0.1, 0.15) is 31.0 Å². The highest BCUT2D eigenvalue weighted by Crippen LogP contribution is 2.21. The molecule has 0 radical (unpaired) electrons. The molecule has 0 fully saturated rings. The van der Waals surface area contributed by atoms with Crippen molar-refractivity contribution >= 4 is 16.5 Å². The number of hydrogen-bond acceptors (Lipinski definition) is 3. The summed E-state index contributed by atoms with van der Waals surface area (Å²) in [5.74, 6) is 0.310. The van der Waals surface area contributed by atoms with Crippen LogP contribution in [0.25, 0.3) is 0 Å². The van der Waals surface area contributed by atoms with E-state index in [1.165, 1.54) is 6.07 Å². The fourth-order valence-electron chi connectivity index (χ4n) is 1.64. The van der Waals surface area contributed by atoms with Gasteiger partial charge in [0, 0.05) is 11.9 Å². The monoisotopic (exact) mass is 264 g/mol. The Morgan fingerprint density at radius 2 is 2.11 bits per heavy atom. The Morgan fingerprint density at radius 1 is 1.33 bits per heavy atom. The van der Waals surface area contributed by atoms with Crippen molar-refractivity contribution in [2.24, 2.45) is 0 Å². The molecule has 0 aliphatic carbocycles. The van der Waals surface area contributed by atoms with E-state index in [9.17, 15) is 4.39 Å². The van der Waals surface area contributed by atoms with Crippen LogP contribution in [0.15, 0.2) is 29.6 Å². The van der Waals surface area contributed by atoms with E-state index in [2.05, 4.69) is 29.5 Å². The van der Waals surface area contributed by atoms with Gasteiger partial charge in [-0.15, -0.1) is 11.3 Å². The van der Waals surface area contributed by atoms with E-state index in [4.69, 9.17) is 0 Å². The minimum atomic E-state index is -0.138. The van der Waals surface area contributed by atoms with Crippen molar-refractivity contribution < 1.29 is 4.39 Å². The predicted octanol–water partition coefficient (Wildman–Crippen LogP) is 4.06. The third-order valence-electron chi connectivity index (χ3n) is 2.74. The number of anilines is 1. The first kappa shape index (κ1) is 13.0. The first-order valence-corrected chi connectivity index (χ1v) is 6.97. The maximum atomic E-state index is 13.4. The molecule has 0 saturated carbocycles. The summed E-state index contributed by atoms with van der Waals surface area (Å²) >= 11 is 1.60. The topological polar surface area (TPSA) is 24.9 Å². The van der Waals surface area contributed by atoms with Gasteiger partial charge in [0.25, 0.3) is 0 Å². The van der Waals surface area contributed by atoms with Gasteiger partial charge in [0.2, 0.25) is 0 Å². The summed E-state index contributed by atoms with van der Waals surface area (Å²) in [4.78, 5) is 4.48. The molecule has 18 heavy (non-hydrogen) atoms. The summed E-state index contributed by atoms with van der Waals surface area (Å²) in [5.41, 5.74) is 1.85. The lowest BCUT2D eigenvalue weighted by Crippen LogP contribution is -2.06. The normalized spacial score (nSPS) is 10.9. The molecular formula is C14H17FN2S. The van der Waals surface area contributed by atoms with E-state index in [0.29, 0.717) is 18.9 Å². The second-order valence-electron chi connectivity index (χ2n) is 4.50. The van der Waals surface area contributed by atoms with Crippen LogP contribution in [-0.4, -0.2) is 11.5 Å². The summed E-state index contributed by atoms with van der Waals surface area (Å²) in [6, 6.07) is 6.88. The maximum absolute atomic E-state index is 13.4. The average molecular weight is 264 g/mol. The number of nitrogens with one attached hydrogen (secondary N) is 1. The van der Waals surface area contributed by atoms with Gasteiger partial charge in [-0.25, -0.2) is 9.37 Å². The number of thiazole rings is 1. The molecule has 0 aliphatic heterocycles. The highest BCUT2D eigenvalue weighted by atomic mass is 32.1. The predicted molar refractivity (Wildman–Crippen MR) is 74.8 cm³/mol. The fraction of sp³-hybridized carbons (Fsp3) is 0.357. The molecule has 96 valence electrons. The van der Waals surface area contributed by atoms with Gasteiger partial charge < -0.3 is 5.32 Å². The molecule has 2 aromatic rings. The standard InChI is InChI=1S/C14H17FN2S/c1-10(2)13-9-18-14(17-13)16-8-7-11-5-3-4-6-12(11)15/h3-6,9-10H,7-8H2,1-2H3,(H,16,17). The first-order valence-electron chi connectivity index (χ1n) is 6.09. The van der Waals surface area contributed by atoms with Crippen molar-refractivity contribution in [3.63, 3.8) is 0 Å². The lowest BCUT2D eigenvalue weighted by Gasteiger charge is -2.04. The number of aromatic nitrogens is 1. The number of rotatable bonds is 5. The zero-order chi connectivity index (χ0) is 13.0. The second-order valence-corrected chi connectivity index (χ2v) is 5.36. The summed E-state index contributed by atoms with van der Waals surface area (Å²) in [6.07, 6.45) is 0.670. The number of benzene rings is 1. The molecule has 0 unspecified atom stereocenters. The Morgan fingerprint density at radius 3 is 2.78 bits per heavy atom. The Balaban J connectivity index is 1.87. The molecule has 2 rings (SSSR count). The lowest BCUT2D eigenvalue weighted by atomic mass is 10.1. The van der Waals surface area contributed by atoms with Crippen LogP contribution < -0.4 is 5.32 Å². The maximum Gasteiger partial charge on any atom is 0.182 e. The SMILES string of the molecule is CC(C)c1csc(NCCc2ccccc2F)n1. The molecule has 1 aromatic carbocycles. The van der Waals surface area contributed by atoms with E-state index in [1.54, 1.807) is 17.4 Å². The zero-order valence-electron chi connectivity index (χ0n) is 10.6. The minimum absolute atomic E-state index is 0.138. The molecule has 0 spiro atoms. The summed E-state index contributed by atoms with van der Waals surface area (Å²) in [5, 5.41) is 6.21. The largest absolute Gasteiger partial charge is 0.361 e. The van der Waals surface area contributed by atoms with Crippen LogP contribution in [0.4, 0.5) is 9.52 Å². The molecule has 1 aromatic heterocycles. The molecule has 0 bridgehead atoms. The third-order valence-corrected chi connectivity index (χ3v) is 3.56. The van der Waals surface area contributed by atoms with E-state index in [-0.39, 0.29) is 5.82 Å². The van der Waals surface area contributed by atoms with Crippen LogP contribution in [0, 0.1) is 5.82 Å². The summed E-state index contributed by atoms with van der Waals surface area (Å²) in [6.45, 7) is 4.95. The van der Waals surface area contributed by atoms with E-state index in [1.807, 2.05) is 12.1 Å². The molecule has 1 N–H and O–H groups in total. The van der Waals surface area contributed by atoms with Gasteiger partial charge in [0.1, 0.15) is 5.82 Å². The molecule has 0 amide bonds. The number of nitrogens with zero attached hydrogens (tertiary/aromatic N) is 1. The molecule has 1 heterocycles. The smallest absolute Gasteiger partial charge is 0.182 e. The van der Waals surface area contributed by atoms with Gasteiger partial charge in [-0.1, -0.05) is 32.0 Å². The Bertz CT molecular complexity index is 508. The molecule has 2 nitrogen and oxygen atoms in total. The van der Waals surface area contributed by atoms with Gasteiger partial charge in [-0.05, 0) is 24.0 Å². The van der Waals surface area contributed by atoms with Crippen LogP contribution in [-0.2, 0) is 6.42 Å². The van der Waals surface area contributed by atoms with E-state index in [0.717, 1.165) is 16.4 Å². The van der Waals surface area contributed by atoms with Crippen LogP contribution in [0.2, 0.25) is 0 Å². The van der Waals surface area contributed by atoms with Crippen LogP contribution >= 0.6 is 11.3 Å². The fourth-order valence-corrected chi connectivity index (χ4v) is 2.54. The average Bonchev–Trinajstić information content (AvgIpc) is 2.80. The second kappa shape index (κ2) is 5.96. The van der Waals surface area contributed by atoms with Crippen LogP contribution in [0.3, 0.4) is 0 Å². The Kier molecular flexibility index (Phi) is 4.31. The zero-order valence-corrected chi connectivity index (χ0v) is 11.4. The molecular weight excluding hydrogens is 247 g/mol. The first-order chi connectivity index (χ1) is 8.66. The van der Waals surface area contributed by atoms with Crippen LogP contribution in [0.5, 0.6) is 0 Å². The van der Waals surface area contributed by atoms with Crippen molar-refractivity contribution in [2.75, 3.05) is 11.9 Å². The number of halogens is 1. The quantitative estimate of drug-likeness (QED) is 0.881. The van der Waals surface area contributed by atoms with Crippen molar-refractivity contribution in [3.8, 4) is 0 Å². The van der Waals surface area contributed by atoms with Gasteiger partial charge in [0.15, 0.2) is 5.13 Å². The molecule has 4 heteroatoms. The highest BCUT2D eigenvalue weighted by Gasteiger charge is 2.05. The van der Waals surface area contributed by atoms with Crippen molar-refractivity contribution in [2.45, 2.75) is 26.2 Å². The highest BCUT2D eigenvalue weighted by molar-refractivity contribution is 7.13. The van der Waals surface area contributed by atoms with Gasteiger partial charge in [-0.3, -0.25) is 0 Å². The van der Waals surface area contributed by atoms with E-state index < -0.39 is 0 Å². The molecule has 0 saturated heterocycles. The Hall–Kier alpha value is -1.42. The van der Waals surface area contributed by atoms with Crippen molar-refractivity contribution in [1.82, 2.24) is 4.98 Å². The summed E-state index contributed by atoms with van der Waals surface area (Å²) < 4.78 is 13.4. The van der Waals surface area contributed by atoms with Gasteiger partial charge >= 0.3 is 0 Å². The minimum Gasteiger partial charge on any atom is -0.361 e. The van der Waals surface area contributed by atoms with Crippen molar-refractivity contribution in [3.05, 3.63) is 46.7 Å². The van der Waals surface area contributed by atoms with Gasteiger partial charge in [0.05, 0.1) is 5.69 Å². The number of hydrogen-bond donors (Lipinski definition) is 1. The molecule has 0 aliphatic rings. The third kappa shape index (κ3) is 3.29. The molecule has 0 atom stereocenters. The van der Waals surface area contributed by atoms with Crippen molar-refractivity contribution in [1.29, 1.82) is 0 Å². The lowest BCUT2D eigenvalue weighted by molar-refractivity contribution is 0.610.